The maximum absolute atomic E-state index is 8.49. The van der Waals surface area contributed by atoms with Crippen molar-refractivity contribution < 1.29 is 33.5 Å². The first-order chi connectivity index (χ1) is 8.15. The Bertz CT molecular complexity index is 366. The van der Waals surface area contributed by atoms with Gasteiger partial charge in [-0.25, -0.2) is 23.2 Å². The topological polar surface area (TPSA) is 95.2 Å². The fourth-order valence-electron chi connectivity index (χ4n) is 0.865. The maximum atomic E-state index is 8.49. The van der Waals surface area contributed by atoms with Gasteiger partial charge in [-0.3, -0.25) is 0 Å². The summed E-state index contributed by atoms with van der Waals surface area (Å²) in [7, 11) is 2.85. The molecule has 0 amide bonds. The Balaban J connectivity index is 0.000000494. The van der Waals surface area contributed by atoms with E-state index in [1.807, 2.05) is 47.4 Å². The summed E-state index contributed by atoms with van der Waals surface area (Å²) in [5, 5.41) is 0. The van der Waals surface area contributed by atoms with E-state index >= 15 is 0 Å². The highest BCUT2D eigenvalue weighted by molar-refractivity contribution is 8.82. The van der Waals surface area contributed by atoms with Crippen molar-refractivity contribution >= 4 is 39.6 Å². The van der Waals surface area contributed by atoms with Gasteiger partial charge in [0.1, 0.15) is 14.1 Å². The molecule has 1 aliphatic rings. The first-order valence-corrected chi connectivity index (χ1v) is 9.19. The van der Waals surface area contributed by atoms with Gasteiger partial charge in [-0.2, -0.15) is 0 Å². The molecule has 0 unspecified atom stereocenters. The molecular weight excluding hydrogens is 318 g/mol. The lowest BCUT2D eigenvalue weighted by atomic mass is 10.3. The van der Waals surface area contributed by atoms with E-state index in [1.54, 1.807) is 0 Å². The van der Waals surface area contributed by atoms with Gasteiger partial charge in [-0.15, -0.1) is 22.0 Å². The smallest absolute Gasteiger partial charge is 0.164 e. The first-order valence-electron chi connectivity index (χ1n) is 4.58. The number of hydrogen-bond acceptors (Lipinski definition) is 7. The Hall–Kier alpha value is 0.330. The van der Waals surface area contributed by atoms with E-state index in [-0.39, 0.29) is 0 Å². The van der Waals surface area contributed by atoms with Gasteiger partial charge < -0.3 is 0 Å². The van der Waals surface area contributed by atoms with Gasteiger partial charge in [0.15, 0.2) is 6.21 Å². The second-order valence-corrected chi connectivity index (χ2v) is 7.32. The molecule has 1 aliphatic heterocycles. The third kappa shape index (κ3) is 9.29. The molecule has 0 aromatic heterocycles. The van der Waals surface area contributed by atoms with Gasteiger partial charge >= 0.3 is 0 Å². The second kappa shape index (κ2) is 8.49. The Kier molecular flexibility index (Phi) is 8.65. The van der Waals surface area contributed by atoms with Gasteiger partial charge in [0.05, 0.1) is 4.24 Å². The van der Waals surface area contributed by atoms with Crippen molar-refractivity contribution in [2.24, 2.45) is 0 Å². The van der Waals surface area contributed by atoms with Gasteiger partial charge in [-0.05, 0) is 29.5 Å². The van der Waals surface area contributed by atoms with E-state index in [4.69, 9.17) is 18.6 Å². The van der Waals surface area contributed by atoms with Crippen LogP contribution < -0.4 is 18.6 Å². The monoisotopic (exact) mass is 331 g/mol. The van der Waals surface area contributed by atoms with Gasteiger partial charge in [0.25, 0.3) is 0 Å². The van der Waals surface area contributed by atoms with E-state index in [1.165, 1.54) is 14.7 Å². The summed E-state index contributed by atoms with van der Waals surface area (Å²) in [6.07, 6.45) is 6.40. The zero-order chi connectivity index (χ0) is 14.3. The van der Waals surface area contributed by atoms with Crippen LogP contribution in [0, 0.1) is 10.2 Å². The molecule has 0 atom stereocenters. The van der Waals surface area contributed by atoms with E-state index in [2.05, 4.69) is 30.0 Å². The molecule has 1 rings (SSSR count). The lowest BCUT2D eigenvalue weighted by Gasteiger charge is -2.17. The van der Waals surface area contributed by atoms with Crippen LogP contribution >= 0.6 is 33.3 Å². The standard InChI is InChI=1S/C9H14NS3.ClHO4/c1-7-8(5-6-10(2)3)12-13-9(7)11-4;2-1(3,4)5/h5-6H,1-4H3;(H,2,3,4,5)/q+1;/p-1/b8-5-;. The quantitative estimate of drug-likeness (QED) is 0.343. The minimum Gasteiger partial charge on any atom is -0.241 e. The molecule has 0 bridgehead atoms. The minimum absolute atomic E-state index is 1.38. The molecule has 9 heteroatoms. The van der Waals surface area contributed by atoms with Crippen molar-refractivity contribution in [3.63, 3.8) is 0 Å². The van der Waals surface area contributed by atoms with Crippen LogP contribution in [0.25, 0.3) is 0 Å². The number of hydrogen-bond donors (Lipinski definition) is 0. The molecule has 0 radical (unpaired) electrons. The zero-order valence-corrected chi connectivity index (χ0v) is 13.5. The minimum atomic E-state index is -4.94. The number of allylic oxidation sites excluding steroid dienone is 2. The van der Waals surface area contributed by atoms with Crippen molar-refractivity contribution in [2.75, 3.05) is 20.4 Å². The van der Waals surface area contributed by atoms with Crippen molar-refractivity contribution in [2.45, 2.75) is 6.92 Å². The number of halogens is 1. The molecule has 1 heterocycles. The van der Waals surface area contributed by atoms with Crippen LogP contribution in [-0.4, -0.2) is 31.1 Å². The molecule has 0 aromatic carbocycles. The molecule has 0 spiro atoms. The lowest BCUT2D eigenvalue weighted by molar-refractivity contribution is -2.00. The molecule has 5 nitrogen and oxygen atoms in total. The van der Waals surface area contributed by atoms with Gasteiger partial charge in [0, 0.05) is 11.0 Å². The molecule has 18 heavy (non-hydrogen) atoms. The predicted octanol–water partition coefficient (Wildman–Crippen LogP) is -1.55. The van der Waals surface area contributed by atoms with Gasteiger partial charge in [-0.1, -0.05) is 10.8 Å². The van der Waals surface area contributed by atoms with E-state index in [0.717, 1.165) is 0 Å². The van der Waals surface area contributed by atoms with Crippen LogP contribution in [-0.2, 0) is 0 Å². The summed E-state index contributed by atoms with van der Waals surface area (Å²) in [6.45, 7) is 2.19. The zero-order valence-electron chi connectivity index (χ0n) is 10.3. The third-order valence-corrected chi connectivity index (χ3v) is 5.79. The maximum Gasteiger partial charge on any atom is 0.164 e. The summed E-state index contributed by atoms with van der Waals surface area (Å²) in [5.41, 5.74) is 1.42. The number of rotatable bonds is 2. The lowest BCUT2D eigenvalue weighted by Crippen LogP contribution is -2.68. The molecule has 0 N–H and O–H groups in total. The van der Waals surface area contributed by atoms with E-state index < -0.39 is 10.2 Å². The summed E-state index contributed by atoms with van der Waals surface area (Å²) >= 11 is 1.83. The van der Waals surface area contributed by atoms with Crippen molar-refractivity contribution in [3.05, 3.63) is 20.8 Å². The number of thioether (sulfide) groups is 1. The van der Waals surface area contributed by atoms with Crippen LogP contribution in [0.1, 0.15) is 6.92 Å². The van der Waals surface area contributed by atoms with Crippen LogP contribution in [0.15, 0.2) is 20.8 Å². The fraction of sp³-hybridized carbons (Fsp3) is 0.444. The average Bonchev–Trinajstić information content (AvgIpc) is 2.53. The molecular formula is C9H14ClNO4S3. The molecule has 0 aromatic rings. The average molecular weight is 332 g/mol. The molecule has 104 valence electrons. The number of nitrogens with zero attached hydrogens (tertiary/aromatic N) is 1. The molecule has 0 fully saturated rings. The predicted molar refractivity (Wildman–Crippen MR) is 67.7 cm³/mol. The van der Waals surface area contributed by atoms with Crippen LogP contribution in [0.3, 0.4) is 0 Å². The third-order valence-electron chi connectivity index (χ3n) is 1.59. The summed E-state index contributed by atoms with van der Waals surface area (Å²) in [5.74, 6) is 0. The largest absolute Gasteiger partial charge is 0.241 e. The Labute approximate surface area is 121 Å². The van der Waals surface area contributed by atoms with Crippen LogP contribution in [0.4, 0.5) is 0 Å². The van der Waals surface area contributed by atoms with Crippen molar-refractivity contribution in [1.29, 1.82) is 0 Å². The van der Waals surface area contributed by atoms with Crippen LogP contribution in [0.2, 0.25) is 0 Å². The first kappa shape index (κ1) is 18.3. The normalized spacial score (nSPS) is 17.7. The summed E-state index contributed by atoms with van der Waals surface area (Å²) in [6, 6.07) is 0. The summed E-state index contributed by atoms with van der Waals surface area (Å²) in [4.78, 5) is 1.38. The van der Waals surface area contributed by atoms with Crippen molar-refractivity contribution in [1.82, 2.24) is 0 Å². The Morgan fingerprint density at radius 2 is 1.67 bits per heavy atom. The highest BCUT2D eigenvalue weighted by atomic mass is 35.7. The fourth-order valence-corrected chi connectivity index (χ4v) is 4.76. The SMILES string of the molecule is CSC1=C(C)/C(=C/C=[N+](C)C)SS1.[O-][Cl+3]([O-])([O-])[O-]. The summed E-state index contributed by atoms with van der Waals surface area (Å²) < 4.78 is 37.5. The van der Waals surface area contributed by atoms with E-state index in [9.17, 15) is 0 Å². The molecule has 0 saturated heterocycles. The van der Waals surface area contributed by atoms with E-state index in [0.29, 0.717) is 0 Å². The van der Waals surface area contributed by atoms with Crippen LogP contribution in [0.5, 0.6) is 0 Å². The van der Waals surface area contributed by atoms with Crippen molar-refractivity contribution in [3.8, 4) is 0 Å². The highest BCUT2D eigenvalue weighted by Gasteiger charge is 2.16. The Morgan fingerprint density at radius 3 is 2.00 bits per heavy atom. The second-order valence-electron chi connectivity index (χ2n) is 3.30. The molecule has 0 aliphatic carbocycles. The Morgan fingerprint density at radius 1 is 1.17 bits per heavy atom. The highest BCUT2D eigenvalue weighted by Crippen LogP contribution is 2.52. The molecule has 0 saturated carbocycles. The van der Waals surface area contributed by atoms with Gasteiger partial charge in [0.2, 0.25) is 0 Å².